The number of anilines is 1. The van der Waals surface area contributed by atoms with Crippen LogP contribution in [-0.2, 0) is 0 Å². The molecule has 2 aromatic rings. The molecule has 1 heterocycles. The van der Waals surface area contributed by atoms with Crippen molar-refractivity contribution >= 4 is 39.0 Å². The Kier molecular flexibility index (Phi) is 4.61. The third kappa shape index (κ3) is 3.81. The van der Waals surface area contributed by atoms with Gasteiger partial charge in [-0.3, -0.25) is 0 Å². The van der Waals surface area contributed by atoms with Crippen LogP contribution in [0, 0.1) is 6.92 Å². The second kappa shape index (κ2) is 6.21. The molecule has 0 aliphatic carbocycles. The van der Waals surface area contributed by atoms with E-state index in [4.69, 9.17) is 0 Å². The van der Waals surface area contributed by atoms with Crippen LogP contribution in [0.15, 0.2) is 40.2 Å². The van der Waals surface area contributed by atoms with Crippen LogP contribution in [0.1, 0.15) is 23.4 Å². The highest BCUT2D eigenvalue weighted by Crippen LogP contribution is 2.24. The van der Waals surface area contributed by atoms with Gasteiger partial charge in [-0.1, -0.05) is 12.1 Å². The SMILES string of the molecule is Cc1ccc(NC(=O)NC(C)c2cccs2)c(Br)c1. The molecule has 5 heteroatoms. The number of urea groups is 1. The Balaban J connectivity index is 1.98. The van der Waals surface area contributed by atoms with Crippen molar-refractivity contribution in [2.24, 2.45) is 0 Å². The average molecular weight is 339 g/mol. The van der Waals surface area contributed by atoms with E-state index in [2.05, 4.69) is 26.6 Å². The van der Waals surface area contributed by atoms with Crippen molar-refractivity contribution in [1.82, 2.24) is 5.32 Å². The summed E-state index contributed by atoms with van der Waals surface area (Å²) in [6.45, 7) is 3.98. The highest BCUT2D eigenvalue weighted by Gasteiger charge is 2.11. The molecule has 0 spiro atoms. The van der Waals surface area contributed by atoms with Crippen LogP contribution in [0.25, 0.3) is 0 Å². The molecule has 0 aliphatic heterocycles. The Bertz CT molecular complexity index is 569. The fraction of sp³-hybridized carbons (Fsp3) is 0.214. The van der Waals surface area contributed by atoms with E-state index in [9.17, 15) is 4.79 Å². The fourth-order valence-electron chi connectivity index (χ4n) is 1.69. The standard InChI is InChI=1S/C14H15BrN2OS/c1-9-5-6-12(11(15)8-9)17-14(18)16-10(2)13-4-3-7-19-13/h3-8,10H,1-2H3,(H2,16,17,18). The van der Waals surface area contributed by atoms with Crippen LogP contribution in [0.4, 0.5) is 10.5 Å². The van der Waals surface area contributed by atoms with Crippen molar-refractivity contribution in [3.63, 3.8) is 0 Å². The minimum absolute atomic E-state index is 0.00391. The number of thiophene rings is 1. The van der Waals surface area contributed by atoms with Crippen molar-refractivity contribution < 1.29 is 4.79 Å². The van der Waals surface area contributed by atoms with Crippen molar-refractivity contribution in [2.45, 2.75) is 19.9 Å². The summed E-state index contributed by atoms with van der Waals surface area (Å²) < 4.78 is 0.881. The van der Waals surface area contributed by atoms with Gasteiger partial charge in [0.05, 0.1) is 11.7 Å². The summed E-state index contributed by atoms with van der Waals surface area (Å²) in [7, 11) is 0. The molecule has 2 amide bonds. The van der Waals surface area contributed by atoms with E-state index < -0.39 is 0 Å². The summed E-state index contributed by atoms with van der Waals surface area (Å²) in [5.74, 6) is 0. The monoisotopic (exact) mass is 338 g/mol. The van der Waals surface area contributed by atoms with Crippen molar-refractivity contribution in [1.29, 1.82) is 0 Å². The van der Waals surface area contributed by atoms with Gasteiger partial charge >= 0.3 is 6.03 Å². The molecule has 0 radical (unpaired) electrons. The average Bonchev–Trinajstić information content (AvgIpc) is 2.86. The van der Waals surface area contributed by atoms with Gasteiger partial charge in [-0.05, 0) is 58.9 Å². The largest absolute Gasteiger partial charge is 0.331 e. The lowest BCUT2D eigenvalue weighted by Crippen LogP contribution is -2.30. The Morgan fingerprint density at radius 1 is 1.37 bits per heavy atom. The summed E-state index contributed by atoms with van der Waals surface area (Å²) in [5, 5.41) is 7.75. The second-order valence-corrected chi connectivity index (χ2v) is 6.15. The zero-order valence-electron chi connectivity index (χ0n) is 10.7. The number of nitrogens with one attached hydrogen (secondary N) is 2. The molecule has 2 rings (SSSR count). The van der Waals surface area contributed by atoms with Crippen LogP contribution in [0.5, 0.6) is 0 Å². The number of benzene rings is 1. The molecule has 1 atom stereocenters. The highest BCUT2D eigenvalue weighted by atomic mass is 79.9. The molecule has 3 nitrogen and oxygen atoms in total. The fourth-order valence-corrected chi connectivity index (χ4v) is 3.01. The quantitative estimate of drug-likeness (QED) is 0.836. The van der Waals surface area contributed by atoms with Gasteiger partial charge in [0, 0.05) is 9.35 Å². The predicted molar refractivity (Wildman–Crippen MR) is 83.8 cm³/mol. The minimum Gasteiger partial charge on any atom is -0.331 e. The lowest BCUT2D eigenvalue weighted by atomic mass is 10.2. The lowest BCUT2D eigenvalue weighted by Gasteiger charge is -2.14. The van der Waals surface area contributed by atoms with Gasteiger partial charge in [0.25, 0.3) is 0 Å². The van der Waals surface area contributed by atoms with Crippen molar-refractivity contribution in [2.75, 3.05) is 5.32 Å². The molecule has 1 aromatic carbocycles. The van der Waals surface area contributed by atoms with Gasteiger partial charge in [0.1, 0.15) is 0 Å². The summed E-state index contributed by atoms with van der Waals surface area (Å²) in [6.07, 6.45) is 0. The topological polar surface area (TPSA) is 41.1 Å². The Labute approximate surface area is 125 Å². The smallest absolute Gasteiger partial charge is 0.319 e. The first-order chi connectivity index (χ1) is 9.06. The number of hydrogen-bond donors (Lipinski definition) is 2. The molecule has 0 fully saturated rings. The first kappa shape index (κ1) is 14.1. The number of carbonyl (C=O) groups excluding carboxylic acids is 1. The summed E-state index contributed by atoms with van der Waals surface area (Å²) in [5.41, 5.74) is 1.91. The number of carbonyl (C=O) groups is 1. The second-order valence-electron chi connectivity index (χ2n) is 4.32. The maximum Gasteiger partial charge on any atom is 0.319 e. The number of amides is 2. The first-order valence-corrected chi connectivity index (χ1v) is 7.60. The molecule has 0 aliphatic rings. The maximum atomic E-state index is 11.9. The summed E-state index contributed by atoms with van der Waals surface area (Å²) in [4.78, 5) is 13.1. The number of rotatable bonds is 3. The van der Waals surface area contributed by atoms with E-state index in [0.717, 1.165) is 20.6 Å². The predicted octanol–water partition coefficient (Wildman–Crippen LogP) is 4.70. The van der Waals surface area contributed by atoms with E-state index in [1.807, 2.05) is 49.6 Å². The van der Waals surface area contributed by atoms with Crippen molar-refractivity contribution in [3.05, 3.63) is 50.6 Å². The third-order valence-corrected chi connectivity index (χ3v) is 4.40. The van der Waals surface area contributed by atoms with Crippen molar-refractivity contribution in [3.8, 4) is 0 Å². The highest BCUT2D eigenvalue weighted by molar-refractivity contribution is 9.10. The van der Waals surface area contributed by atoms with Gasteiger partial charge in [0.15, 0.2) is 0 Å². The molecule has 0 saturated carbocycles. The molecular weight excluding hydrogens is 324 g/mol. The van der Waals surface area contributed by atoms with Crippen LogP contribution < -0.4 is 10.6 Å². The molecule has 0 saturated heterocycles. The van der Waals surface area contributed by atoms with E-state index >= 15 is 0 Å². The molecule has 100 valence electrons. The molecule has 2 N–H and O–H groups in total. The molecular formula is C14H15BrN2OS. The number of aryl methyl sites for hydroxylation is 1. The lowest BCUT2D eigenvalue weighted by molar-refractivity contribution is 0.249. The Hall–Kier alpha value is -1.33. The van der Waals surface area contributed by atoms with Gasteiger partial charge in [-0.2, -0.15) is 0 Å². The maximum absolute atomic E-state index is 11.9. The van der Waals surface area contributed by atoms with Crippen LogP contribution in [-0.4, -0.2) is 6.03 Å². The molecule has 1 unspecified atom stereocenters. The summed E-state index contributed by atoms with van der Waals surface area (Å²) in [6, 6.07) is 9.61. The van der Waals surface area contributed by atoms with E-state index in [-0.39, 0.29) is 12.1 Å². The van der Waals surface area contributed by atoms with Crippen LogP contribution in [0.2, 0.25) is 0 Å². The van der Waals surface area contributed by atoms with E-state index in [1.165, 1.54) is 0 Å². The van der Waals surface area contributed by atoms with Gasteiger partial charge < -0.3 is 10.6 Å². The zero-order chi connectivity index (χ0) is 13.8. The third-order valence-electron chi connectivity index (χ3n) is 2.69. The Morgan fingerprint density at radius 2 is 2.16 bits per heavy atom. The normalized spacial score (nSPS) is 11.9. The van der Waals surface area contributed by atoms with E-state index in [1.54, 1.807) is 11.3 Å². The minimum atomic E-state index is -0.203. The molecule has 19 heavy (non-hydrogen) atoms. The summed E-state index contributed by atoms with van der Waals surface area (Å²) >= 11 is 5.07. The van der Waals surface area contributed by atoms with Gasteiger partial charge in [-0.25, -0.2) is 4.79 Å². The number of halogens is 1. The number of hydrogen-bond acceptors (Lipinski definition) is 2. The van der Waals surface area contributed by atoms with E-state index in [0.29, 0.717) is 0 Å². The zero-order valence-corrected chi connectivity index (χ0v) is 13.1. The van der Waals surface area contributed by atoms with Gasteiger partial charge in [-0.15, -0.1) is 11.3 Å². The Morgan fingerprint density at radius 3 is 2.79 bits per heavy atom. The van der Waals surface area contributed by atoms with Crippen LogP contribution >= 0.6 is 27.3 Å². The first-order valence-electron chi connectivity index (χ1n) is 5.93. The molecule has 0 bridgehead atoms. The molecule has 1 aromatic heterocycles. The van der Waals surface area contributed by atoms with Crippen LogP contribution in [0.3, 0.4) is 0 Å². The van der Waals surface area contributed by atoms with Gasteiger partial charge in [0.2, 0.25) is 0 Å².